The molecule has 2 heterocycles. The second-order valence-electron chi connectivity index (χ2n) is 13.6. The lowest BCUT2D eigenvalue weighted by molar-refractivity contribution is -0.110. The Kier molecular flexibility index (Phi) is 20.5. The molecule has 2 atom stereocenters. The molecule has 2 aromatic heterocycles. The number of fused-ring (bicyclic) bond motifs is 1. The van der Waals surface area contributed by atoms with Gasteiger partial charge in [-0.05, 0) is 83.4 Å². The monoisotopic (exact) mass is 731 g/mol. The number of methoxy groups -OCH3 is 1. The van der Waals surface area contributed by atoms with Crippen molar-refractivity contribution in [2.24, 2.45) is 17.8 Å². The topological polar surface area (TPSA) is 106 Å². The number of aryl methyl sites for hydroxylation is 1. The third-order valence-corrected chi connectivity index (χ3v) is 10.1. The van der Waals surface area contributed by atoms with Gasteiger partial charge in [0.25, 0.3) is 0 Å². The number of hydrogen-bond acceptors (Lipinski definition) is 9. The number of aromatic nitrogens is 4. The molecular formula is C39H63F2N7O2S. The second-order valence-corrected chi connectivity index (χ2v) is 14.7. The van der Waals surface area contributed by atoms with E-state index in [0.29, 0.717) is 34.4 Å². The van der Waals surface area contributed by atoms with Crippen molar-refractivity contribution < 1.29 is 18.3 Å². The van der Waals surface area contributed by atoms with Gasteiger partial charge in [0.15, 0.2) is 11.6 Å². The number of carbonyl (C=O) groups is 1. The fourth-order valence-electron chi connectivity index (χ4n) is 6.24. The van der Waals surface area contributed by atoms with E-state index in [9.17, 15) is 13.6 Å². The molecule has 0 spiro atoms. The SMILES string of the molecule is CC.CC1CCC(C(C)C)CC1.CNCCNSC1C=CC(Nc2ncc(F)c(-c3cc(F)c4nc(C)n(C(C)C)c4c3)n2)CC1.COCC=O. The van der Waals surface area contributed by atoms with Crippen LogP contribution in [0.5, 0.6) is 0 Å². The third kappa shape index (κ3) is 14.2. The van der Waals surface area contributed by atoms with Crippen LogP contribution in [0.4, 0.5) is 14.7 Å². The van der Waals surface area contributed by atoms with Gasteiger partial charge in [-0.1, -0.05) is 71.6 Å². The molecule has 1 aromatic carbocycles. The van der Waals surface area contributed by atoms with Gasteiger partial charge in [0.1, 0.15) is 29.9 Å². The van der Waals surface area contributed by atoms with Crippen molar-refractivity contribution in [3.8, 4) is 11.3 Å². The van der Waals surface area contributed by atoms with Gasteiger partial charge in [0.2, 0.25) is 5.95 Å². The molecule has 1 saturated carbocycles. The highest BCUT2D eigenvalue weighted by Gasteiger charge is 2.21. The Labute approximate surface area is 309 Å². The molecule has 0 amide bonds. The highest BCUT2D eigenvalue weighted by molar-refractivity contribution is 7.98. The molecule has 12 heteroatoms. The first kappa shape index (κ1) is 44.2. The number of anilines is 1. The fourth-order valence-corrected chi connectivity index (χ4v) is 7.09. The number of likely N-dealkylation sites (N-methyl/N-ethyl adjacent to an activating group) is 1. The quantitative estimate of drug-likeness (QED) is 0.0729. The number of halogens is 2. The van der Waals surface area contributed by atoms with E-state index >= 15 is 0 Å². The minimum absolute atomic E-state index is 0.0525. The second kappa shape index (κ2) is 23.6. The maximum absolute atomic E-state index is 14.9. The maximum Gasteiger partial charge on any atom is 0.223 e. The van der Waals surface area contributed by atoms with Crippen molar-refractivity contribution in [1.29, 1.82) is 0 Å². The summed E-state index contributed by atoms with van der Waals surface area (Å²) in [6.45, 7) is 19.0. The Bertz CT molecular complexity index is 1480. The number of ether oxygens (including phenoxy) is 1. The lowest BCUT2D eigenvalue weighted by Crippen LogP contribution is -2.26. The molecule has 3 aromatic rings. The van der Waals surface area contributed by atoms with Crippen LogP contribution in [0.15, 0.2) is 30.5 Å². The zero-order valence-electron chi connectivity index (χ0n) is 32.6. The Balaban J connectivity index is 0.000000438. The lowest BCUT2D eigenvalue weighted by Gasteiger charge is -2.28. The average Bonchev–Trinajstić information content (AvgIpc) is 3.47. The van der Waals surface area contributed by atoms with Crippen LogP contribution >= 0.6 is 11.9 Å². The summed E-state index contributed by atoms with van der Waals surface area (Å²) in [5.74, 6) is 2.91. The number of carbonyl (C=O) groups excluding carboxylic acids is 1. The van der Waals surface area contributed by atoms with E-state index in [2.05, 4.69) is 68.0 Å². The molecule has 0 bridgehead atoms. The number of aldehydes is 1. The van der Waals surface area contributed by atoms with Crippen molar-refractivity contribution in [2.75, 3.05) is 39.2 Å². The molecule has 2 aliphatic rings. The first-order valence-electron chi connectivity index (χ1n) is 18.6. The Morgan fingerprint density at radius 2 is 1.71 bits per heavy atom. The minimum atomic E-state index is -0.597. The summed E-state index contributed by atoms with van der Waals surface area (Å²) in [7, 11) is 3.41. The van der Waals surface area contributed by atoms with Crippen LogP contribution in [0.2, 0.25) is 0 Å². The van der Waals surface area contributed by atoms with Gasteiger partial charge in [-0.15, -0.1) is 0 Å². The van der Waals surface area contributed by atoms with E-state index in [4.69, 9.17) is 0 Å². The fraction of sp³-hybridized carbons (Fsp3) is 0.641. The van der Waals surface area contributed by atoms with E-state index in [1.165, 1.54) is 38.9 Å². The number of nitrogens with one attached hydrogen (secondary N) is 3. The largest absolute Gasteiger partial charge is 0.377 e. The van der Waals surface area contributed by atoms with E-state index in [1.807, 2.05) is 46.2 Å². The van der Waals surface area contributed by atoms with Gasteiger partial charge >= 0.3 is 0 Å². The van der Waals surface area contributed by atoms with Gasteiger partial charge in [-0.2, -0.15) is 0 Å². The van der Waals surface area contributed by atoms with Crippen molar-refractivity contribution >= 4 is 35.2 Å². The molecule has 5 rings (SSSR count). The Morgan fingerprint density at radius 1 is 1.00 bits per heavy atom. The molecule has 0 aliphatic heterocycles. The van der Waals surface area contributed by atoms with Gasteiger partial charge in [-0.3, -0.25) is 4.72 Å². The smallest absolute Gasteiger partial charge is 0.223 e. The van der Waals surface area contributed by atoms with Gasteiger partial charge < -0.3 is 24.7 Å². The Morgan fingerprint density at radius 3 is 2.25 bits per heavy atom. The predicted molar refractivity (Wildman–Crippen MR) is 210 cm³/mol. The van der Waals surface area contributed by atoms with Crippen molar-refractivity contribution in [1.82, 2.24) is 29.6 Å². The summed E-state index contributed by atoms with van der Waals surface area (Å²) in [5, 5.41) is 6.79. The number of nitrogens with zero attached hydrogens (tertiary/aromatic N) is 4. The molecule has 1 fully saturated rings. The van der Waals surface area contributed by atoms with Crippen molar-refractivity contribution in [3.05, 3.63) is 47.9 Å². The van der Waals surface area contributed by atoms with Crippen LogP contribution in [0.1, 0.15) is 98.9 Å². The van der Waals surface area contributed by atoms with E-state index in [-0.39, 0.29) is 29.9 Å². The van der Waals surface area contributed by atoms with Gasteiger partial charge in [-0.25, -0.2) is 23.7 Å². The molecule has 2 aliphatic carbocycles. The van der Waals surface area contributed by atoms with Crippen LogP contribution in [0.25, 0.3) is 22.3 Å². The zero-order valence-corrected chi connectivity index (χ0v) is 33.4. The van der Waals surface area contributed by atoms with Crippen molar-refractivity contribution in [2.45, 2.75) is 111 Å². The number of hydrogen-bond donors (Lipinski definition) is 3. The van der Waals surface area contributed by atoms with Gasteiger partial charge in [0.05, 0.1) is 11.7 Å². The molecular weight excluding hydrogens is 669 g/mol. The summed E-state index contributed by atoms with van der Waals surface area (Å²) in [6.07, 6.45) is 13.9. The molecule has 286 valence electrons. The highest BCUT2D eigenvalue weighted by atomic mass is 32.2. The molecule has 0 saturated heterocycles. The highest BCUT2D eigenvalue weighted by Crippen LogP contribution is 2.33. The number of benzene rings is 1. The minimum Gasteiger partial charge on any atom is -0.377 e. The molecule has 2 unspecified atom stereocenters. The summed E-state index contributed by atoms with van der Waals surface area (Å²) < 4.78 is 39.2. The molecule has 9 nitrogen and oxygen atoms in total. The van der Waals surface area contributed by atoms with Crippen LogP contribution in [-0.2, 0) is 9.53 Å². The predicted octanol–water partition coefficient (Wildman–Crippen LogP) is 8.94. The van der Waals surface area contributed by atoms with Crippen LogP contribution < -0.4 is 15.4 Å². The third-order valence-electron chi connectivity index (χ3n) is 9.04. The molecule has 3 N–H and O–H groups in total. The first-order valence-corrected chi connectivity index (χ1v) is 19.5. The zero-order chi connectivity index (χ0) is 37.9. The summed E-state index contributed by atoms with van der Waals surface area (Å²) in [6, 6.07) is 3.18. The number of rotatable bonds is 12. The molecule has 0 radical (unpaired) electrons. The lowest BCUT2D eigenvalue weighted by atomic mass is 9.78. The maximum atomic E-state index is 14.9. The standard InChI is InChI=1S/C24H31F2N7S.C10H20.C3H6O2.C2H6/c1-14(2)33-15(3)30-23-19(25)11-16(12-21(23)33)22-20(26)13-28-24(32-22)31-17-5-7-18(8-6-17)34-29-10-9-27-4;1-8(2)10-6-4-9(3)5-7-10;1-5-3-2-4;1-2/h5,7,11-14,17-18,27,29H,6,8-10H2,1-4H3,(H,28,31,32);8-10H,4-7H2,1-3H3;2H,3H2,1H3;1-2H3. The first-order chi connectivity index (χ1) is 24.5. The van der Waals surface area contributed by atoms with E-state index in [1.54, 1.807) is 18.0 Å². The van der Waals surface area contributed by atoms with Crippen LogP contribution in [0.3, 0.4) is 0 Å². The summed E-state index contributed by atoms with van der Waals surface area (Å²) in [5.41, 5.74) is 1.33. The van der Waals surface area contributed by atoms with E-state index < -0.39 is 11.6 Å². The molecule has 51 heavy (non-hydrogen) atoms. The normalized spacial score (nSPS) is 19.8. The summed E-state index contributed by atoms with van der Waals surface area (Å²) >= 11 is 1.73. The number of imidazole rings is 1. The van der Waals surface area contributed by atoms with E-state index in [0.717, 1.165) is 49.9 Å². The van der Waals surface area contributed by atoms with Crippen LogP contribution in [0, 0.1) is 36.3 Å². The Hall–Kier alpha value is -2.93. The van der Waals surface area contributed by atoms with Gasteiger partial charge in [0, 0.05) is 43.1 Å². The summed E-state index contributed by atoms with van der Waals surface area (Å²) in [4.78, 5) is 22.2. The van der Waals surface area contributed by atoms with Crippen LogP contribution in [-0.4, -0.2) is 71.0 Å². The average molecular weight is 732 g/mol. The van der Waals surface area contributed by atoms with Crippen molar-refractivity contribution in [3.63, 3.8) is 0 Å².